The van der Waals surface area contributed by atoms with E-state index in [9.17, 15) is 4.79 Å². The van der Waals surface area contributed by atoms with Gasteiger partial charge >= 0.3 is 5.97 Å². The first-order valence-electron chi connectivity index (χ1n) is 4.80. The summed E-state index contributed by atoms with van der Waals surface area (Å²) in [7, 11) is 0. The lowest BCUT2D eigenvalue weighted by Crippen LogP contribution is -2.10. The van der Waals surface area contributed by atoms with E-state index in [1.54, 1.807) is 6.07 Å². The molecular weight excluding hydrogens is 194 g/mol. The van der Waals surface area contributed by atoms with Crippen LogP contribution in [0, 0.1) is 0 Å². The Labute approximate surface area is 88.7 Å². The molecule has 0 aromatic heterocycles. The van der Waals surface area contributed by atoms with Crippen LogP contribution in [0.1, 0.15) is 24.9 Å². The number of carboxylic acid groups (broad SMARTS) is 1. The number of hydrogen-bond donors (Lipinski definition) is 2. The summed E-state index contributed by atoms with van der Waals surface area (Å²) < 4.78 is 5.35. The minimum Gasteiger partial charge on any atom is -0.493 e. The van der Waals surface area contributed by atoms with Gasteiger partial charge in [0.2, 0.25) is 0 Å². The summed E-state index contributed by atoms with van der Waals surface area (Å²) in [6.07, 6.45) is -0.00666. The van der Waals surface area contributed by atoms with Gasteiger partial charge in [-0.05, 0) is 13.0 Å². The van der Waals surface area contributed by atoms with Crippen molar-refractivity contribution < 1.29 is 14.6 Å². The van der Waals surface area contributed by atoms with Crippen molar-refractivity contribution in [2.24, 2.45) is 5.73 Å². The Bertz CT molecular complexity index is 336. The molecule has 1 atom stereocenters. The summed E-state index contributed by atoms with van der Waals surface area (Å²) in [5.74, 6) is -0.206. The standard InChI is InChI=1S/C11H15NO3/c1-8(12)9-4-2-3-5-10(9)15-7-6-11(13)14/h2-5,8H,6-7,12H2,1H3,(H,13,14). The molecule has 0 spiro atoms. The number of ether oxygens (including phenoxy) is 1. The van der Waals surface area contributed by atoms with Crippen LogP contribution in [0.4, 0.5) is 0 Å². The van der Waals surface area contributed by atoms with Crippen LogP contribution in [0.25, 0.3) is 0 Å². The zero-order chi connectivity index (χ0) is 11.3. The van der Waals surface area contributed by atoms with Crippen molar-refractivity contribution >= 4 is 5.97 Å². The van der Waals surface area contributed by atoms with E-state index < -0.39 is 5.97 Å². The second-order valence-corrected chi connectivity index (χ2v) is 3.32. The summed E-state index contributed by atoms with van der Waals surface area (Å²) >= 11 is 0. The van der Waals surface area contributed by atoms with E-state index >= 15 is 0 Å². The third kappa shape index (κ3) is 3.59. The Kier molecular flexibility index (Phi) is 4.12. The number of nitrogens with two attached hydrogens (primary N) is 1. The van der Waals surface area contributed by atoms with Crippen LogP contribution in [-0.4, -0.2) is 17.7 Å². The molecule has 1 unspecified atom stereocenters. The second kappa shape index (κ2) is 5.36. The zero-order valence-corrected chi connectivity index (χ0v) is 8.64. The minimum atomic E-state index is -0.867. The molecule has 0 saturated carbocycles. The maximum atomic E-state index is 10.3. The maximum Gasteiger partial charge on any atom is 0.306 e. The van der Waals surface area contributed by atoms with E-state index in [-0.39, 0.29) is 19.1 Å². The molecule has 82 valence electrons. The quantitative estimate of drug-likeness (QED) is 0.771. The van der Waals surface area contributed by atoms with Gasteiger partial charge in [-0.2, -0.15) is 0 Å². The van der Waals surface area contributed by atoms with Crippen LogP contribution in [0.3, 0.4) is 0 Å². The van der Waals surface area contributed by atoms with Crippen LogP contribution in [0.5, 0.6) is 5.75 Å². The molecule has 0 saturated heterocycles. The molecule has 0 aliphatic heterocycles. The SMILES string of the molecule is CC(N)c1ccccc1OCCC(=O)O. The first-order valence-corrected chi connectivity index (χ1v) is 4.80. The first kappa shape index (κ1) is 11.5. The van der Waals surface area contributed by atoms with Gasteiger partial charge in [0.25, 0.3) is 0 Å². The van der Waals surface area contributed by atoms with Crippen LogP contribution in [0.15, 0.2) is 24.3 Å². The highest BCUT2D eigenvalue weighted by molar-refractivity contribution is 5.66. The first-order chi connectivity index (χ1) is 7.11. The van der Waals surface area contributed by atoms with E-state index in [4.69, 9.17) is 15.6 Å². The molecule has 1 aromatic carbocycles. The lowest BCUT2D eigenvalue weighted by molar-refractivity contribution is -0.137. The molecule has 3 N–H and O–H groups in total. The fourth-order valence-corrected chi connectivity index (χ4v) is 1.24. The van der Waals surface area contributed by atoms with Crippen molar-refractivity contribution in [2.45, 2.75) is 19.4 Å². The number of carboxylic acids is 1. The smallest absolute Gasteiger partial charge is 0.306 e. The topological polar surface area (TPSA) is 72.5 Å². The molecule has 1 aromatic rings. The van der Waals surface area contributed by atoms with Crippen LogP contribution in [0.2, 0.25) is 0 Å². The number of para-hydroxylation sites is 1. The van der Waals surface area contributed by atoms with Crippen LogP contribution >= 0.6 is 0 Å². The number of hydrogen-bond acceptors (Lipinski definition) is 3. The molecule has 0 aliphatic carbocycles. The lowest BCUT2D eigenvalue weighted by Gasteiger charge is -2.12. The van der Waals surface area contributed by atoms with E-state index in [1.807, 2.05) is 25.1 Å². The van der Waals surface area contributed by atoms with E-state index in [0.717, 1.165) is 5.56 Å². The average Bonchev–Trinajstić information content (AvgIpc) is 2.17. The summed E-state index contributed by atoms with van der Waals surface area (Å²) in [6, 6.07) is 7.26. The van der Waals surface area contributed by atoms with Crippen molar-refractivity contribution in [1.29, 1.82) is 0 Å². The Morgan fingerprint density at radius 3 is 2.80 bits per heavy atom. The van der Waals surface area contributed by atoms with E-state index in [1.165, 1.54) is 0 Å². The van der Waals surface area contributed by atoms with Gasteiger partial charge in [0, 0.05) is 11.6 Å². The average molecular weight is 209 g/mol. The Morgan fingerprint density at radius 2 is 2.20 bits per heavy atom. The Hall–Kier alpha value is -1.55. The molecule has 0 radical (unpaired) electrons. The zero-order valence-electron chi connectivity index (χ0n) is 8.64. The van der Waals surface area contributed by atoms with E-state index in [2.05, 4.69) is 0 Å². The van der Waals surface area contributed by atoms with Gasteiger partial charge in [0.1, 0.15) is 5.75 Å². The molecule has 4 heteroatoms. The van der Waals surface area contributed by atoms with Crippen molar-refractivity contribution in [2.75, 3.05) is 6.61 Å². The largest absolute Gasteiger partial charge is 0.493 e. The van der Waals surface area contributed by atoms with Crippen LogP contribution < -0.4 is 10.5 Å². The van der Waals surface area contributed by atoms with Gasteiger partial charge in [0.05, 0.1) is 13.0 Å². The fourth-order valence-electron chi connectivity index (χ4n) is 1.24. The molecule has 15 heavy (non-hydrogen) atoms. The van der Waals surface area contributed by atoms with Crippen molar-refractivity contribution in [1.82, 2.24) is 0 Å². The number of carbonyl (C=O) groups is 1. The van der Waals surface area contributed by atoms with Gasteiger partial charge in [-0.3, -0.25) is 4.79 Å². The number of aliphatic carboxylic acids is 1. The molecule has 0 fully saturated rings. The molecule has 0 heterocycles. The summed E-state index contributed by atoms with van der Waals surface area (Å²) in [5.41, 5.74) is 6.64. The van der Waals surface area contributed by atoms with Crippen molar-refractivity contribution in [3.63, 3.8) is 0 Å². The molecular formula is C11H15NO3. The van der Waals surface area contributed by atoms with Gasteiger partial charge in [-0.25, -0.2) is 0 Å². The van der Waals surface area contributed by atoms with Crippen molar-refractivity contribution in [3.05, 3.63) is 29.8 Å². The normalized spacial score (nSPS) is 12.1. The monoisotopic (exact) mass is 209 g/mol. The Balaban J connectivity index is 2.63. The predicted molar refractivity (Wildman–Crippen MR) is 56.8 cm³/mol. The number of rotatable bonds is 5. The summed E-state index contributed by atoms with van der Waals surface area (Å²) in [5, 5.41) is 8.47. The fraction of sp³-hybridized carbons (Fsp3) is 0.364. The molecule has 0 aliphatic rings. The van der Waals surface area contributed by atoms with Gasteiger partial charge in [-0.1, -0.05) is 18.2 Å². The highest BCUT2D eigenvalue weighted by Gasteiger charge is 2.07. The minimum absolute atomic E-state index is 0.00666. The third-order valence-electron chi connectivity index (χ3n) is 1.98. The Morgan fingerprint density at radius 1 is 1.53 bits per heavy atom. The summed E-state index contributed by atoms with van der Waals surface area (Å²) in [6.45, 7) is 2.03. The third-order valence-corrected chi connectivity index (χ3v) is 1.98. The molecule has 0 amide bonds. The van der Waals surface area contributed by atoms with Crippen molar-refractivity contribution in [3.8, 4) is 5.75 Å². The van der Waals surface area contributed by atoms with Gasteiger partial charge in [0.15, 0.2) is 0 Å². The highest BCUT2D eigenvalue weighted by atomic mass is 16.5. The highest BCUT2D eigenvalue weighted by Crippen LogP contribution is 2.23. The van der Waals surface area contributed by atoms with Gasteiger partial charge < -0.3 is 15.6 Å². The number of benzene rings is 1. The maximum absolute atomic E-state index is 10.3. The van der Waals surface area contributed by atoms with E-state index in [0.29, 0.717) is 5.75 Å². The predicted octanol–water partition coefficient (Wildman–Crippen LogP) is 1.56. The lowest BCUT2D eigenvalue weighted by atomic mass is 10.1. The molecule has 0 bridgehead atoms. The van der Waals surface area contributed by atoms with Gasteiger partial charge in [-0.15, -0.1) is 0 Å². The molecule has 1 rings (SSSR count). The summed E-state index contributed by atoms with van der Waals surface area (Å²) in [4.78, 5) is 10.3. The second-order valence-electron chi connectivity index (χ2n) is 3.32. The molecule has 4 nitrogen and oxygen atoms in total. The van der Waals surface area contributed by atoms with Crippen LogP contribution in [-0.2, 0) is 4.79 Å².